The molecule has 1 atom stereocenters. The number of nitrogens with one attached hydrogen (secondary N) is 1. The predicted octanol–water partition coefficient (Wildman–Crippen LogP) is 2.28. The second-order valence-corrected chi connectivity index (χ2v) is 6.40. The van der Waals surface area contributed by atoms with Crippen LogP contribution in [-0.4, -0.2) is 61.3 Å². The van der Waals surface area contributed by atoms with Gasteiger partial charge in [0.2, 0.25) is 0 Å². The smallest absolute Gasteiger partial charge is 0.321 e. The largest absolute Gasteiger partial charge is 0.377 e. The Labute approximate surface area is 143 Å². The molecule has 2 heterocycles. The molecule has 24 heavy (non-hydrogen) atoms. The van der Waals surface area contributed by atoms with E-state index in [9.17, 15) is 4.79 Å². The molecule has 2 aliphatic heterocycles. The highest BCUT2D eigenvalue weighted by Crippen LogP contribution is 2.15. The molecule has 6 nitrogen and oxygen atoms in total. The fourth-order valence-electron chi connectivity index (χ4n) is 3.26. The van der Waals surface area contributed by atoms with Gasteiger partial charge in [0.15, 0.2) is 0 Å². The van der Waals surface area contributed by atoms with Gasteiger partial charge in [-0.05, 0) is 50.1 Å². The van der Waals surface area contributed by atoms with Crippen LogP contribution in [0, 0.1) is 11.3 Å². The van der Waals surface area contributed by atoms with Gasteiger partial charge in [0.25, 0.3) is 0 Å². The average molecular weight is 328 g/mol. The van der Waals surface area contributed by atoms with Crippen LogP contribution in [0.2, 0.25) is 0 Å². The monoisotopic (exact) mass is 328 g/mol. The highest BCUT2D eigenvalue weighted by molar-refractivity contribution is 5.89. The summed E-state index contributed by atoms with van der Waals surface area (Å²) in [4.78, 5) is 16.7. The standard InChI is InChI=1S/C18H24N4O2/c19-13-15-4-6-16(7-5-15)20-18(23)22-9-2-8-21(10-11-22)14-17-3-1-12-24-17/h4-7,17H,1-3,8-12,14H2,(H,20,23). The molecule has 2 fully saturated rings. The second-order valence-electron chi connectivity index (χ2n) is 6.40. The lowest BCUT2D eigenvalue weighted by Crippen LogP contribution is -2.39. The van der Waals surface area contributed by atoms with Crippen LogP contribution in [0.3, 0.4) is 0 Å². The van der Waals surface area contributed by atoms with Crippen molar-refractivity contribution in [2.45, 2.75) is 25.4 Å². The molecule has 1 aromatic rings. The van der Waals surface area contributed by atoms with E-state index in [1.54, 1.807) is 24.3 Å². The van der Waals surface area contributed by atoms with Gasteiger partial charge in [-0.3, -0.25) is 4.90 Å². The van der Waals surface area contributed by atoms with Crippen LogP contribution in [-0.2, 0) is 4.74 Å². The number of rotatable bonds is 3. The van der Waals surface area contributed by atoms with Gasteiger partial charge in [-0.2, -0.15) is 5.26 Å². The third-order valence-electron chi connectivity index (χ3n) is 4.63. The molecule has 0 aliphatic carbocycles. The van der Waals surface area contributed by atoms with Crippen molar-refractivity contribution in [3.63, 3.8) is 0 Å². The molecule has 2 aliphatic rings. The Morgan fingerprint density at radius 2 is 2.04 bits per heavy atom. The first-order chi connectivity index (χ1) is 11.7. The Hall–Kier alpha value is -2.10. The first-order valence-electron chi connectivity index (χ1n) is 8.64. The lowest BCUT2D eigenvalue weighted by Gasteiger charge is -2.24. The van der Waals surface area contributed by atoms with Crippen molar-refractivity contribution in [3.05, 3.63) is 29.8 Å². The first-order valence-corrected chi connectivity index (χ1v) is 8.64. The summed E-state index contributed by atoms with van der Waals surface area (Å²) in [7, 11) is 0. The molecule has 128 valence electrons. The number of carbonyl (C=O) groups is 1. The van der Waals surface area contributed by atoms with E-state index >= 15 is 0 Å². The van der Waals surface area contributed by atoms with Crippen LogP contribution < -0.4 is 5.32 Å². The summed E-state index contributed by atoms with van der Waals surface area (Å²) in [6.45, 7) is 5.27. The number of amides is 2. The maximum Gasteiger partial charge on any atom is 0.321 e. The molecule has 2 saturated heterocycles. The molecule has 1 aromatic carbocycles. The minimum absolute atomic E-state index is 0.0707. The summed E-state index contributed by atoms with van der Waals surface area (Å²) in [5.74, 6) is 0. The van der Waals surface area contributed by atoms with Gasteiger partial charge in [0.05, 0.1) is 17.7 Å². The molecule has 1 unspecified atom stereocenters. The Balaban J connectivity index is 1.49. The molecule has 0 aromatic heterocycles. The Bertz CT molecular complexity index is 590. The molecular formula is C18H24N4O2. The maximum atomic E-state index is 12.4. The zero-order valence-electron chi connectivity index (χ0n) is 13.9. The number of ether oxygens (including phenoxy) is 1. The van der Waals surface area contributed by atoms with Crippen LogP contribution in [0.25, 0.3) is 0 Å². The number of nitrogens with zero attached hydrogens (tertiary/aromatic N) is 3. The summed E-state index contributed by atoms with van der Waals surface area (Å²) in [5.41, 5.74) is 1.31. The van der Waals surface area contributed by atoms with Gasteiger partial charge in [0, 0.05) is 38.5 Å². The van der Waals surface area contributed by atoms with Crippen molar-refractivity contribution in [2.75, 3.05) is 44.6 Å². The number of anilines is 1. The number of benzene rings is 1. The van der Waals surface area contributed by atoms with Crippen molar-refractivity contribution in [1.82, 2.24) is 9.80 Å². The number of urea groups is 1. The van der Waals surface area contributed by atoms with Gasteiger partial charge >= 0.3 is 6.03 Å². The van der Waals surface area contributed by atoms with Crippen molar-refractivity contribution in [3.8, 4) is 6.07 Å². The maximum absolute atomic E-state index is 12.4. The lowest BCUT2D eigenvalue weighted by atomic mass is 10.2. The van der Waals surface area contributed by atoms with Crippen LogP contribution in [0.5, 0.6) is 0 Å². The molecule has 3 rings (SSSR count). The van der Waals surface area contributed by atoms with E-state index in [4.69, 9.17) is 10.00 Å². The van der Waals surface area contributed by atoms with E-state index in [1.165, 1.54) is 0 Å². The zero-order valence-corrected chi connectivity index (χ0v) is 13.9. The Morgan fingerprint density at radius 1 is 1.21 bits per heavy atom. The summed E-state index contributed by atoms with van der Waals surface area (Å²) in [6.07, 6.45) is 3.66. The van der Waals surface area contributed by atoms with Crippen molar-refractivity contribution < 1.29 is 9.53 Å². The molecule has 0 saturated carbocycles. The molecule has 0 spiro atoms. The SMILES string of the molecule is N#Cc1ccc(NC(=O)N2CCCN(CC3CCCO3)CC2)cc1. The minimum Gasteiger partial charge on any atom is -0.377 e. The molecule has 0 radical (unpaired) electrons. The summed E-state index contributed by atoms with van der Waals surface area (Å²) in [5, 5.41) is 11.7. The highest BCUT2D eigenvalue weighted by atomic mass is 16.5. The van der Waals surface area contributed by atoms with Gasteiger partial charge in [-0.1, -0.05) is 0 Å². The van der Waals surface area contributed by atoms with Crippen LogP contribution in [0.1, 0.15) is 24.8 Å². The topological polar surface area (TPSA) is 68.6 Å². The third-order valence-corrected chi connectivity index (χ3v) is 4.63. The van der Waals surface area contributed by atoms with E-state index in [1.807, 2.05) is 4.90 Å². The molecule has 1 N–H and O–H groups in total. The molecule has 0 bridgehead atoms. The van der Waals surface area contributed by atoms with E-state index in [2.05, 4.69) is 16.3 Å². The third kappa shape index (κ3) is 4.47. The van der Waals surface area contributed by atoms with E-state index in [0.29, 0.717) is 11.7 Å². The van der Waals surface area contributed by atoms with Crippen LogP contribution >= 0.6 is 0 Å². The Morgan fingerprint density at radius 3 is 2.75 bits per heavy atom. The Kier molecular flexibility index (Phi) is 5.68. The fraction of sp³-hybridized carbons (Fsp3) is 0.556. The summed E-state index contributed by atoms with van der Waals surface area (Å²) < 4.78 is 5.71. The van der Waals surface area contributed by atoms with Crippen molar-refractivity contribution in [1.29, 1.82) is 5.26 Å². The zero-order chi connectivity index (χ0) is 16.8. The van der Waals surface area contributed by atoms with Crippen molar-refractivity contribution in [2.24, 2.45) is 0 Å². The average Bonchev–Trinajstić information content (AvgIpc) is 2.99. The number of hydrogen-bond acceptors (Lipinski definition) is 4. The first kappa shape index (κ1) is 16.7. The number of nitriles is 1. The van der Waals surface area contributed by atoms with E-state index in [-0.39, 0.29) is 6.03 Å². The van der Waals surface area contributed by atoms with Crippen LogP contribution in [0.15, 0.2) is 24.3 Å². The minimum atomic E-state index is -0.0707. The lowest BCUT2D eigenvalue weighted by molar-refractivity contribution is 0.0747. The normalized spacial score (nSPS) is 22.0. The molecule has 2 amide bonds. The summed E-state index contributed by atoms with van der Waals surface area (Å²) >= 11 is 0. The molecule has 6 heteroatoms. The van der Waals surface area contributed by atoms with Crippen LogP contribution in [0.4, 0.5) is 10.5 Å². The van der Waals surface area contributed by atoms with E-state index < -0.39 is 0 Å². The van der Waals surface area contributed by atoms with E-state index in [0.717, 1.165) is 64.3 Å². The van der Waals surface area contributed by atoms with Gasteiger partial charge in [-0.15, -0.1) is 0 Å². The number of carbonyl (C=O) groups excluding carboxylic acids is 1. The van der Waals surface area contributed by atoms with Gasteiger partial charge in [0.1, 0.15) is 0 Å². The molecular weight excluding hydrogens is 304 g/mol. The van der Waals surface area contributed by atoms with Crippen molar-refractivity contribution >= 4 is 11.7 Å². The second kappa shape index (κ2) is 8.13. The highest BCUT2D eigenvalue weighted by Gasteiger charge is 2.23. The summed E-state index contributed by atoms with van der Waals surface area (Å²) in [6, 6.07) is 8.95. The van der Waals surface area contributed by atoms with Gasteiger partial charge in [-0.25, -0.2) is 4.79 Å². The fourth-order valence-corrected chi connectivity index (χ4v) is 3.26. The number of hydrogen-bond donors (Lipinski definition) is 1. The van der Waals surface area contributed by atoms with Gasteiger partial charge < -0.3 is 15.0 Å². The quantitative estimate of drug-likeness (QED) is 0.924. The predicted molar refractivity (Wildman–Crippen MR) is 91.8 cm³/mol.